The fourth-order valence-electron chi connectivity index (χ4n) is 4.05. The van der Waals surface area contributed by atoms with Crippen LogP contribution in [0.3, 0.4) is 0 Å². The smallest absolute Gasteiger partial charge is 0.230 e. The Bertz CT molecular complexity index is 1190. The lowest BCUT2D eigenvalue weighted by Gasteiger charge is -2.34. The zero-order valence-electron chi connectivity index (χ0n) is 18.5. The monoisotopic (exact) mass is 450 g/mol. The molecule has 32 heavy (non-hydrogen) atoms. The number of para-hydroxylation sites is 2. The number of oxazole rings is 1. The first-order valence-electron chi connectivity index (χ1n) is 10.7. The predicted molar refractivity (Wildman–Crippen MR) is 127 cm³/mol. The average Bonchev–Trinajstić information content (AvgIpc) is 3.42. The van der Waals surface area contributed by atoms with Crippen molar-refractivity contribution in [1.82, 2.24) is 14.9 Å². The third-order valence-corrected chi connectivity index (χ3v) is 6.92. The van der Waals surface area contributed by atoms with E-state index in [9.17, 15) is 0 Å². The molecule has 4 aromatic rings. The van der Waals surface area contributed by atoms with E-state index in [4.69, 9.17) is 23.9 Å². The Kier molecular flexibility index (Phi) is 5.71. The Morgan fingerprint density at radius 1 is 0.969 bits per heavy atom. The number of anilines is 1. The number of hydrogen-bond donors (Lipinski definition) is 0. The molecular weight excluding hydrogens is 424 g/mol. The van der Waals surface area contributed by atoms with Crippen molar-refractivity contribution in [2.45, 2.75) is 13.5 Å². The highest BCUT2D eigenvalue weighted by Gasteiger charge is 2.23. The number of nitrogens with zero attached hydrogens (tertiary/aromatic N) is 4. The third-order valence-electron chi connectivity index (χ3n) is 5.82. The molecule has 1 aliphatic heterocycles. The van der Waals surface area contributed by atoms with Crippen LogP contribution >= 0.6 is 11.3 Å². The predicted octanol–water partition coefficient (Wildman–Crippen LogP) is 4.60. The molecule has 0 spiro atoms. The van der Waals surface area contributed by atoms with Gasteiger partial charge in [-0.1, -0.05) is 29.5 Å². The topological polar surface area (TPSA) is 63.9 Å². The molecule has 0 N–H and O–H groups in total. The first-order valence-corrected chi connectivity index (χ1v) is 11.5. The quantitative estimate of drug-likeness (QED) is 0.425. The zero-order chi connectivity index (χ0) is 22.1. The van der Waals surface area contributed by atoms with Crippen LogP contribution in [-0.4, -0.2) is 55.3 Å². The van der Waals surface area contributed by atoms with Crippen LogP contribution in [0.25, 0.3) is 21.7 Å². The van der Waals surface area contributed by atoms with Crippen LogP contribution in [0.1, 0.15) is 11.5 Å². The number of thiazole rings is 1. The Morgan fingerprint density at radius 3 is 2.53 bits per heavy atom. The number of piperazine rings is 1. The summed E-state index contributed by atoms with van der Waals surface area (Å²) in [5.74, 6) is 2.68. The van der Waals surface area contributed by atoms with Crippen molar-refractivity contribution >= 4 is 26.7 Å². The van der Waals surface area contributed by atoms with Crippen molar-refractivity contribution in [2.24, 2.45) is 0 Å². The van der Waals surface area contributed by atoms with Gasteiger partial charge < -0.3 is 18.8 Å². The Labute approximate surface area is 191 Å². The number of ether oxygens (including phenoxy) is 2. The summed E-state index contributed by atoms with van der Waals surface area (Å²) in [7, 11) is 3.25. The maximum atomic E-state index is 6.02. The number of hydrogen-bond acceptors (Lipinski definition) is 8. The molecule has 0 bridgehead atoms. The molecule has 0 radical (unpaired) electrons. The Morgan fingerprint density at radius 2 is 1.78 bits per heavy atom. The van der Waals surface area contributed by atoms with Gasteiger partial charge in [-0.3, -0.25) is 4.90 Å². The highest BCUT2D eigenvalue weighted by atomic mass is 32.1. The highest BCUT2D eigenvalue weighted by molar-refractivity contribution is 7.22. The second kappa shape index (κ2) is 8.80. The van der Waals surface area contributed by atoms with Gasteiger partial charge in [-0.15, -0.1) is 0 Å². The first-order chi connectivity index (χ1) is 15.7. The van der Waals surface area contributed by atoms with Gasteiger partial charge in [0.25, 0.3) is 0 Å². The minimum atomic E-state index is 0.557. The summed E-state index contributed by atoms with van der Waals surface area (Å²) in [4.78, 5) is 14.4. The molecule has 0 amide bonds. The first kappa shape index (κ1) is 20.8. The van der Waals surface area contributed by atoms with Gasteiger partial charge in [0, 0.05) is 32.7 Å². The molecule has 1 saturated heterocycles. The maximum absolute atomic E-state index is 6.02. The number of methoxy groups -OCH3 is 2. The van der Waals surface area contributed by atoms with Gasteiger partial charge in [0.2, 0.25) is 5.89 Å². The van der Waals surface area contributed by atoms with Crippen molar-refractivity contribution in [3.8, 4) is 23.0 Å². The Balaban J connectivity index is 1.28. The van der Waals surface area contributed by atoms with Gasteiger partial charge in [-0.05, 0) is 31.2 Å². The fourth-order valence-corrected chi connectivity index (χ4v) is 5.07. The summed E-state index contributed by atoms with van der Waals surface area (Å²) in [6.07, 6.45) is 0. The number of aromatic nitrogens is 2. The van der Waals surface area contributed by atoms with Crippen LogP contribution in [0.5, 0.6) is 11.5 Å². The molecule has 2 aromatic heterocycles. The van der Waals surface area contributed by atoms with E-state index in [1.54, 1.807) is 25.6 Å². The number of fused-ring (bicyclic) bond motifs is 1. The zero-order valence-corrected chi connectivity index (χ0v) is 19.3. The second-order valence-corrected chi connectivity index (χ2v) is 8.80. The standard InChI is InChI=1S/C24H26N4O3S/c1-16-19(25-23(31-16)17-7-6-9-20(29-2)22(17)30-3)15-27-11-13-28(14-12-27)24-26-18-8-4-5-10-21(18)32-24/h4-10H,11-15H2,1-3H3. The van der Waals surface area contributed by atoms with E-state index < -0.39 is 0 Å². The third kappa shape index (κ3) is 3.91. The summed E-state index contributed by atoms with van der Waals surface area (Å²) in [5.41, 5.74) is 2.83. The minimum Gasteiger partial charge on any atom is -0.493 e. The van der Waals surface area contributed by atoms with Crippen LogP contribution in [0.2, 0.25) is 0 Å². The maximum Gasteiger partial charge on any atom is 0.230 e. The van der Waals surface area contributed by atoms with E-state index in [-0.39, 0.29) is 0 Å². The molecule has 0 aliphatic carbocycles. The van der Waals surface area contributed by atoms with Crippen molar-refractivity contribution in [2.75, 3.05) is 45.3 Å². The largest absolute Gasteiger partial charge is 0.493 e. The normalized spacial score (nSPS) is 14.8. The molecule has 0 atom stereocenters. The van der Waals surface area contributed by atoms with Crippen LogP contribution in [-0.2, 0) is 6.54 Å². The van der Waals surface area contributed by atoms with Crippen LogP contribution in [0, 0.1) is 6.92 Å². The number of aryl methyl sites for hydroxylation is 1. The van der Waals surface area contributed by atoms with Gasteiger partial charge in [-0.2, -0.15) is 0 Å². The highest BCUT2D eigenvalue weighted by Crippen LogP contribution is 2.38. The molecule has 0 unspecified atom stereocenters. The van der Waals surface area contributed by atoms with E-state index in [1.165, 1.54) is 4.70 Å². The molecule has 3 heterocycles. The van der Waals surface area contributed by atoms with Crippen LogP contribution in [0.15, 0.2) is 46.9 Å². The van der Waals surface area contributed by atoms with Crippen molar-refractivity contribution in [3.63, 3.8) is 0 Å². The number of rotatable bonds is 6. The second-order valence-electron chi connectivity index (χ2n) is 7.79. The summed E-state index contributed by atoms with van der Waals surface area (Å²) in [5, 5.41) is 1.11. The van der Waals surface area contributed by atoms with E-state index in [1.807, 2.05) is 31.2 Å². The van der Waals surface area contributed by atoms with Crippen molar-refractivity contribution < 1.29 is 13.9 Å². The molecular formula is C24H26N4O3S. The lowest BCUT2D eigenvalue weighted by atomic mass is 10.2. The van der Waals surface area contributed by atoms with Gasteiger partial charge in [0.05, 0.1) is 35.7 Å². The summed E-state index contributed by atoms with van der Waals surface area (Å²) in [6, 6.07) is 14.0. The average molecular weight is 451 g/mol. The van der Waals surface area contributed by atoms with Gasteiger partial charge in [0.15, 0.2) is 16.6 Å². The lowest BCUT2D eigenvalue weighted by Crippen LogP contribution is -2.46. The molecule has 1 aliphatic rings. The summed E-state index contributed by atoms with van der Waals surface area (Å²) >= 11 is 1.77. The lowest BCUT2D eigenvalue weighted by molar-refractivity contribution is 0.246. The van der Waals surface area contributed by atoms with Gasteiger partial charge >= 0.3 is 0 Å². The molecule has 0 saturated carbocycles. The molecule has 2 aromatic carbocycles. The summed E-state index contributed by atoms with van der Waals surface area (Å²) < 4.78 is 18.2. The van der Waals surface area contributed by atoms with Crippen LogP contribution < -0.4 is 14.4 Å². The molecule has 166 valence electrons. The molecule has 5 rings (SSSR count). The number of benzene rings is 2. The Hall–Kier alpha value is -3.10. The molecule has 8 heteroatoms. The van der Waals surface area contributed by atoms with Crippen molar-refractivity contribution in [1.29, 1.82) is 0 Å². The van der Waals surface area contributed by atoms with Crippen LogP contribution in [0.4, 0.5) is 5.13 Å². The van der Waals surface area contributed by atoms with Crippen molar-refractivity contribution in [3.05, 3.63) is 53.9 Å². The van der Waals surface area contributed by atoms with E-state index in [0.717, 1.165) is 60.4 Å². The SMILES string of the molecule is COc1cccc(-c2nc(CN3CCN(c4nc5ccccc5s4)CC3)c(C)o2)c1OC. The minimum absolute atomic E-state index is 0.557. The van der Waals surface area contributed by atoms with Gasteiger partial charge in [0.1, 0.15) is 5.76 Å². The molecule has 1 fully saturated rings. The van der Waals surface area contributed by atoms with E-state index in [0.29, 0.717) is 17.4 Å². The van der Waals surface area contributed by atoms with E-state index >= 15 is 0 Å². The van der Waals surface area contributed by atoms with Gasteiger partial charge in [-0.25, -0.2) is 9.97 Å². The summed E-state index contributed by atoms with van der Waals surface area (Å²) in [6.45, 7) is 6.55. The van der Waals surface area contributed by atoms with E-state index in [2.05, 4.69) is 28.0 Å². The molecule has 7 nitrogen and oxygen atoms in total. The fraction of sp³-hybridized carbons (Fsp3) is 0.333.